The Morgan fingerprint density at radius 3 is 2.60 bits per heavy atom. The summed E-state index contributed by atoms with van der Waals surface area (Å²) >= 11 is 0. The molecule has 2 N–H and O–H groups in total. The molecule has 5 unspecified atom stereocenters. The molecule has 3 saturated carbocycles. The monoisotopic (exact) mass is 273 g/mol. The van der Waals surface area contributed by atoms with E-state index in [2.05, 4.69) is 29.7 Å². The van der Waals surface area contributed by atoms with Crippen molar-refractivity contribution < 1.29 is 0 Å². The van der Waals surface area contributed by atoms with Crippen LogP contribution in [0.15, 0.2) is 6.07 Å². The van der Waals surface area contributed by atoms with E-state index >= 15 is 0 Å². The Morgan fingerprint density at radius 2 is 2.00 bits per heavy atom. The molecule has 0 radical (unpaired) electrons. The predicted molar refractivity (Wildman–Crippen MR) is 80.3 cm³/mol. The molecule has 3 aliphatic carbocycles. The molecule has 3 fully saturated rings. The third-order valence-corrected chi connectivity index (χ3v) is 6.31. The van der Waals surface area contributed by atoms with Crippen LogP contribution in [0.1, 0.15) is 44.5 Å². The predicted octanol–water partition coefficient (Wildman–Crippen LogP) is 2.63. The van der Waals surface area contributed by atoms with Crippen LogP contribution in [0.25, 0.3) is 0 Å². The summed E-state index contributed by atoms with van der Waals surface area (Å²) < 4.78 is 2.16. The van der Waals surface area contributed by atoms with Crippen LogP contribution < -0.4 is 5.73 Å². The number of aryl methyl sites for hydroxylation is 2. The van der Waals surface area contributed by atoms with E-state index < -0.39 is 0 Å². The average molecular weight is 273 g/mol. The van der Waals surface area contributed by atoms with Crippen molar-refractivity contribution in [3.63, 3.8) is 0 Å². The fraction of sp³-hybridized carbons (Fsp3) is 0.824. The van der Waals surface area contributed by atoms with E-state index in [1.165, 1.54) is 30.7 Å². The van der Waals surface area contributed by atoms with Gasteiger partial charge in [-0.05, 0) is 68.3 Å². The maximum Gasteiger partial charge on any atom is 0.0624 e. The van der Waals surface area contributed by atoms with Crippen molar-refractivity contribution in [2.24, 2.45) is 35.3 Å². The van der Waals surface area contributed by atoms with E-state index in [9.17, 15) is 0 Å². The number of aromatic nitrogens is 2. The molecule has 1 heterocycles. The molecule has 110 valence electrons. The Bertz CT molecular complexity index is 490. The van der Waals surface area contributed by atoms with Gasteiger partial charge < -0.3 is 5.73 Å². The Balaban J connectivity index is 1.46. The second-order valence-corrected chi connectivity index (χ2v) is 7.23. The van der Waals surface area contributed by atoms with Gasteiger partial charge in [0.15, 0.2) is 0 Å². The van der Waals surface area contributed by atoms with Crippen LogP contribution in [-0.2, 0) is 19.4 Å². The number of fused-ring (bicyclic) bond motifs is 5. The van der Waals surface area contributed by atoms with Crippen LogP contribution >= 0.6 is 0 Å². The summed E-state index contributed by atoms with van der Waals surface area (Å²) in [7, 11) is 0. The summed E-state index contributed by atoms with van der Waals surface area (Å²) in [5.41, 5.74) is 9.16. The van der Waals surface area contributed by atoms with Crippen molar-refractivity contribution in [1.29, 1.82) is 0 Å². The van der Waals surface area contributed by atoms with Crippen molar-refractivity contribution in [1.82, 2.24) is 9.78 Å². The molecule has 20 heavy (non-hydrogen) atoms. The molecule has 0 aromatic carbocycles. The van der Waals surface area contributed by atoms with Gasteiger partial charge in [-0.1, -0.05) is 6.92 Å². The quantitative estimate of drug-likeness (QED) is 0.896. The molecular weight excluding hydrogens is 246 g/mol. The molecule has 1 aromatic heterocycles. The van der Waals surface area contributed by atoms with Gasteiger partial charge in [0.2, 0.25) is 0 Å². The number of hydrogen-bond acceptors (Lipinski definition) is 2. The first kappa shape index (κ1) is 12.9. The molecule has 0 saturated heterocycles. The molecule has 3 heteroatoms. The maximum atomic E-state index is 6.59. The van der Waals surface area contributed by atoms with Gasteiger partial charge in [0.1, 0.15) is 0 Å². The molecular formula is C17H27N3. The van der Waals surface area contributed by atoms with Gasteiger partial charge in [-0.25, -0.2) is 0 Å². The fourth-order valence-corrected chi connectivity index (χ4v) is 5.47. The van der Waals surface area contributed by atoms with Gasteiger partial charge in [0, 0.05) is 24.7 Å². The average Bonchev–Trinajstić information content (AvgIpc) is 2.79. The smallest absolute Gasteiger partial charge is 0.0624 e. The fourth-order valence-electron chi connectivity index (χ4n) is 5.47. The zero-order valence-corrected chi connectivity index (χ0v) is 12.8. The van der Waals surface area contributed by atoms with Crippen molar-refractivity contribution in [2.75, 3.05) is 0 Å². The second-order valence-electron chi connectivity index (χ2n) is 7.23. The SMILES string of the molecule is CCc1cc(CC(N)C2C3C4CCC(C4)C23)n(CC)n1. The van der Waals surface area contributed by atoms with Crippen molar-refractivity contribution in [3.8, 4) is 0 Å². The van der Waals surface area contributed by atoms with E-state index in [1.807, 2.05) is 0 Å². The maximum absolute atomic E-state index is 6.59. The first-order chi connectivity index (χ1) is 9.72. The van der Waals surface area contributed by atoms with Crippen LogP contribution in [0.2, 0.25) is 0 Å². The molecule has 4 rings (SSSR count). The normalized spacial score (nSPS) is 39.0. The van der Waals surface area contributed by atoms with E-state index in [1.54, 1.807) is 0 Å². The lowest BCUT2D eigenvalue weighted by Gasteiger charge is -2.16. The lowest BCUT2D eigenvalue weighted by Crippen LogP contribution is -2.29. The summed E-state index contributed by atoms with van der Waals surface area (Å²) in [5.74, 6) is 4.87. The minimum Gasteiger partial charge on any atom is -0.327 e. The van der Waals surface area contributed by atoms with E-state index in [-0.39, 0.29) is 0 Å². The number of nitrogens with two attached hydrogens (primary N) is 1. The highest BCUT2D eigenvalue weighted by molar-refractivity contribution is 5.18. The van der Waals surface area contributed by atoms with Gasteiger partial charge >= 0.3 is 0 Å². The minimum absolute atomic E-state index is 0.361. The largest absolute Gasteiger partial charge is 0.327 e. The highest BCUT2D eigenvalue weighted by Gasteiger charge is 2.66. The van der Waals surface area contributed by atoms with Crippen molar-refractivity contribution in [2.45, 2.75) is 58.5 Å². The van der Waals surface area contributed by atoms with Crippen LogP contribution in [0.3, 0.4) is 0 Å². The second kappa shape index (κ2) is 4.59. The molecule has 1 aromatic rings. The van der Waals surface area contributed by atoms with Crippen LogP contribution in [0.5, 0.6) is 0 Å². The first-order valence-corrected chi connectivity index (χ1v) is 8.54. The third kappa shape index (κ3) is 1.78. The number of hydrogen-bond donors (Lipinski definition) is 1. The Hall–Kier alpha value is -0.830. The van der Waals surface area contributed by atoms with Crippen LogP contribution in [0, 0.1) is 29.6 Å². The summed E-state index contributed by atoms with van der Waals surface area (Å²) in [6.45, 7) is 5.31. The summed E-state index contributed by atoms with van der Waals surface area (Å²) in [6.07, 6.45) is 6.54. The molecule has 2 bridgehead atoms. The highest BCUT2D eigenvalue weighted by Crippen LogP contribution is 2.70. The van der Waals surface area contributed by atoms with Crippen LogP contribution in [-0.4, -0.2) is 15.8 Å². The van der Waals surface area contributed by atoms with Gasteiger partial charge in [-0.15, -0.1) is 0 Å². The van der Waals surface area contributed by atoms with E-state index in [0.29, 0.717) is 6.04 Å². The lowest BCUT2D eigenvalue weighted by molar-refractivity contribution is 0.404. The molecule has 3 nitrogen and oxygen atoms in total. The molecule has 0 spiro atoms. The van der Waals surface area contributed by atoms with Crippen molar-refractivity contribution in [3.05, 3.63) is 17.5 Å². The topological polar surface area (TPSA) is 43.8 Å². The summed E-state index contributed by atoms with van der Waals surface area (Å²) in [4.78, 5) is 0. The van der Waals surface area contributed by atoms with Crippen molar-refractivity contribution >= 4 is 0 Å². The first-order valence-electron chi connectivity index (χ1n) is 8.54. The van der Waals surface area contributed by atoms with E-state index in [4.69, 9.17) is 5.73 Å². The summed E-state index contributed by atoms with van der Waals surface area (Å²) in [6, 6.07) is 2.64. The zero-order valence-electron chi connectivity index (χ0n) is 12.8. The molecule has 5 atom stereocenters. The van der Waals surface area contributed by atoms with E-state index in [0.717, 1.165) is 49.0 Å². The van der Waals surface area contributed by atoms with Gasteiger partial charge in [0.25, 0.3) is 0 Å². The van der Waals surface area contributed by atoms with Gasteiger partial charge in [-0.2, -0.15) is 5.10 Å². The Kier molecular flexibility index (Phi) is 2.95. The minimum atomic E-state index is 0.361. The van der Waals surface area contributed by atoms with Gasteiger partial charge in [-0.3, -0.25) is 4.68 Å². The summed E-state index contributed by atoms with van der Waals surface area (Å²) in [5, 5.41) is 4.66. The van der Waals surface area contributed by atoms with Gasteiger partial charge in [0.05, 0.1) is 5.69 Å². The zero-order chi connectivity index (χ0) is 13.9. The molecule has 3 aliphatic rings. The Morgan fingerprint density at radius 1 is 1.30 bits per heavy atom. The van der Waals surface area contributed by atoms with Crippen LogP contribution in [0.4, 0.5) is 0 Å². The lowest BCUT2D eigenvalue weighted by atomic mass is 9.95. The standard InChI is InChI=1S/C17H27N3/c1-3-12-8-13(20(4-2)19-12)9-14(18)17-15-10-5-6-11(7-10)16(15)17/h8,10-11,14-17H,3-7,9,18H2,1-2H3. The highest BCUT2D eigenvalue weighted by atomic mass is 15.3. The third-order valence-electron chi connectivity index (χ3n) is 6.31. The molecule has 0 amide bonds. The molecule has 0 aliphatic heterocycles. The number of rotatable bonds is 5. The number of nitrogens with zero attached hydrogens (tertiary/aromatic N) is 2. The Labute approximate surface area is 121 Å².